The molecule has 2 saturated heterocycles. The smallest absolute Gasteiger partial charge is 0.280 e. The Morgan fingerprint density at radius 2 is 2.03 bits per heavy atom. The van der Waals surface area contributed by atoms with Gasteiger partial charge in [0.15, 0.2) is 5.01 Å². The zero-order valence-corrected chi connectivity index (χ0v) is 18.9. The van der Waals surface area contributed by atoms with Crippen molar-refractivity contribution in [1.29, 1.82) is 0 Å². The fraction of sp³-hybridized carbons (Fsp3) is 0.350. The standard InChI is InChI=1S/C20H19BrN4O2S2/c1-11-15-3-2-12(21)6-16(15)29-17(11)20(27)25-9-14(10-25)24-7-13(8-24)23-18(26)19-22-4-5-28-19/h2-6,13-14H,7-10H2,1H3,(H,23,26). The van der Waals surface area contributed by atoms with Gasteiger partial charge in [0, 0.05) is 53.0 Å². The quantitative estimate of drug-likeness (QED) is 0.608. The number of aryl methyl sites for hydroxylation is 1. The molecule has 2 aromatic heterocycles. The number of carbonyl (C=O) groups excluding carboxylic acids is 2. The number of nitrogens with one attached hydrogen (secondary N) is 1. The van der Waals surface area contributed by atoms with Crippen molar-refractivity contribution in [3.8, 4) is 0 Å². The maximum atomic E-state index is 13.0. The van der Waals surface area contributed by atoms with Gasteiger partial charge in [-0.1, -0.05) is 22.0 Å². The molecule has 0 bridgehead atoms. The maximum absolute atomic E-state index is 13.0. The second kappa shape index (κ2) is 7.46. The van der Waals surface area contributed by atoms with Crippen LogP contribution < -0.4 is 5.32 Å². The first-order chi connectivity index (χ1) is 14.0. The minimum atomic E-state index is -0.0954. The van der Waals surface area contributed by atoms with Gasteiger partial charge < -0.3 is 10.2 Å². The molecule has 150 valence electrons. The van der Waals surface area contributed by atoms with Crippen molar-refractivity contribution in [2.24, 2.45) is 0 Å². The van der Waals surface area contributed by atoms with Gasteiger partial charge in [-0.2, -0.15) is 0 Å². The minimum Gasteiger partial charge on any atom is -0.345 e. The average molecular weight is 491 g/mol. The van der Waals surface area contributed by atoms with Crippen LogP contribution >= 0.6 is 38.6 Å². The van der Waals surface area contributed by atoms with E-state index < -0.39 is 0 Å². The highest BCUT2D eigenvalue weighted by Crippen LogP contribution is 2.34. The molecule has 2 fully saturated rings. The normalized spacial score (nSPS) is 17.9. The van der Waals surface area contributed by atoms with E-state index in [2.05, 4.69) is 43.3 Å². The van der Waals surface area contributed by atoms with E-state index in [9.17, 15) is 9.59 Å². The van der Waals surface area contributed by atoms with Crippen LogP contribution in [-0.2, 0) is 0 Å². The van der Waals surface area contributed by atoms with E-state index in [0.29, 0.717) is 11.0 Å². The summed E-state index contributed by atoms with van der Waals surface area (Å²) in [6.45, 7) is 5.20. The number of rotatable bonds is 4. The lowest BCUT2D eigenvalue weighted by Gasteiger charge is -2.51. The summed E-state index contributed by atoms with van der Waals surface area (Å²) >= 11 is 6.43. The van der Waals surface area contributed by atoms with Gasteiger partial charge in [-0.3, -0.25) is 14.5 Å². The Morgan fingerprint density at radius 1 is 1.24 bits per heavy atom. The monoisotopic (exact) mass is 490 g/mol. The maximum Gasteiger partial charge on any atom is 0.280 e. The first-order valence-electron chi connectivity index (χ1n) is 9.42. The van der Waals surface area contributed by atoms with Gasteiger partial charge in [0.2, 0.25) is 0 Å². The molecule has 0 atom stereocenters. The highest BCUT2D eigenvalue weighted by Gasteiger charge is 2.41. The van der Waals surface area contributed by atoms with Gasteiger partial charge in [-0.15, -0.1) is 22.7 Å². The zero-order valence-electron chi connectivity index (χ0n) is 15.7. The third-order valence-corrected chi connectivity index (χ3v) is 8.14. The SMILES string of the molecule is Cc1c(C(=O)N2CC(N3CC(NC(=O)c4nccs4)C3)C2)sc2cc(Br)ccc12. The van der Waals surface area contributed by atoms with Crippen molar-refractivity contribution >= 4 is 60.5 Å². The van der Waals surface area contributed by atoms with Crippen molar-refractivity contribution in [3.05, 3.63) is 49.7 Å². The molecule has 0 radical (unpaired) electrons. The Hall–Kier alpha value is -1.81. The molecule has 0 spiro atoms. The van der Waals surface area contributed by atoms with Crippen molar-refractivity contribution in [2.75, 3.05) is 26.2 Å². The summed E-state index contributed by atoms with van der Waals surface area (Å²) in [6, 6.07) is 6.71. The number of halogens is 1. The molecule has 1 aromatic carbocycles. The van der Waals surface area contributed by atoms with E-state index >= 15 is 0 Å². The molecule has 0 unspecified atom stereocenters. The number of hydrogen-bond donors (Lipinski definition) is 1. The number of amides is 2. The fourth-order valence-corrected chi connectivity index (χ4v) is 6.15. The summed E-state index contributed by atoms with van der Waals surface area (Å²) in [5, 5.41) is 6.49. The Balaban J connectivity index is 1.15. The largest absolute Gasteiger partial charge is 0.345 e. The highest BCUT2D eigenvalue weighted by molar-refractivity contribution is 9.10. The van der Waals surface area contributed by atoms with Crippen LogP contribution in [0, 0.1) is 6.92 Å². The Labute approximate surface area is 184 Å². The second-order valence-electron chi connectivity index (χ2n) is 7.52. The van der Waals surface area contributed by atoms with Crippen LogP contribution in [-0.4, -0.2) is 64.9 Å². The zero-order chi connectivity index (χ0) is 20.1. The number of carbonyl (C=O) groups is 2. The van der Waals surface area contributed by atoms with Crippen LogP contribution in [0.3, 0.4) is 0 Å². The first kappa shape index (κ1) is 19.2. The molecular formula is C20H19BrN4O2S2. The average Bonchev–Trinajstić information content (AvgIpc) is 3.26. The van der Waals surface area contributed by atoms with E-state index in [0.717, 1.165) is 51.2 Å². The molecule has 2 amide bonds. The summed E-state index contributed by atoms with van der Waals surface area (Å²) < 4.78 is 2.17. The van der Waals surface area contributed by atoms with E-state index in [1.165, 1.54) is 11.3 Å². The Bertz CT molecular complexity index is 1090. The van der Waals surface area contributed by atoms with E-state index in [1.807, 2.05) is 17.9 Å². The van der Waals surface area contributed by atoms with E-state index in [4.69, 9.17) is 0 Å². The third-order valence-electron chi connectivity index (χ3n) is 5.63. The predicted octanol–water partition coefficient (Wildman–Crippen LogP) is 3.37. The summed E-state index contributed by atoms with van der Waals surface area (Å²) in [7, 11) is 0. The number of aromatic nitrogens is 1. The van der Waals surface area contributed by atoms with E-state index in [1.54, 1.807) is 22.9 Å². The number of fused-ring (bicyclic) bond motifs is 1. The molecule has 5 rings (SSSR count). The predicted molar refractivity (Wildman–Crippen MR) is 119 cm³/mol. The molecule has 2 aliphatic heterocycles. The van der Waals surface area contributed by atoms with Crippen molar-refractivity contribution in [1.82, 2.24) is 20.1 Å². The van der Waals surface area contributed by atoms with Crippen LogP contribution in [0.15, 0.2) is 34.2 Å². The minimum absolute atomic E-state index is 0.0954. The lowest BCUT2D eigenvalue weighted by Crippen LogP contribution is -2.70. The second-order valence-corrected chi connectivity index (χ2v) is 10.4. The van der Waals surface area contributed by atoms with Crippen LogP contribution in [0.1, 0.15) is 25.0 Å². The molecule has 9 heteroatoms. The molecule has 2 aliphatic rings. The van der Waals surface area contributed by atoms with Crippen LogP contribution in [0.2, 0.25) is 0 Å². The summed E-state index contributed by atoms with van der Waals surface area (Å²) in [6.07, 6.45) is 1.64. The van der Waals surface area contributed by atoms with Crippen LogP contribution in [0.4, 0.5) is 0 Å². The summed E-state index contributed by atoms with van der Waals surface area (Å²) in [4.78, 5) is 34.2. The molecule has 3 aromatic rings. The highest BCUT2D eigenvalue weighted by atomic mass is 79.9. The lowest BCUT2D eigenvalue weighted by atomic mass is 9.99. The fourth-order valence-electron chi connectivity index (χ4n) is 3.88. The number of benzene rings is 1. The van der Waals surface area contributed by atoms with Gasteiger partial charge in [0.1, 0.15) is 0 Å². The number of thiophene rings is 1. The van der Waals surface area contributed by atoms with Crippen LogP contribution in [0.5, 0.6) is 0 Å². The number of nitrogens with zero attached hydrogens (tertiary/aromatic N) is 3. The van der Waals surface area contributed by atoms with Crippen molar-refractivity contribution < 1.29 is 9.59 Å². The van der Waals surface area contributed by atoms with Gasteiger partial charge in [-0.05, 0) is 30.0 Å². The lowest BCUT2D eigenvalue weighted by molar-refractivity contribution is -0.00921. The number of likely N-dealkylation sites (tertiary alicyclic amines) is 2. The third kappa shape index (κ3) is 3.50. The summed E-state index contributed by atoms with van der Waals surface area (Å²) in [5.41, 5.74) is 1.07. The van der Waals surface area contributed by atoms with Crippen molar-refractivity contribution in [2.45, 2.75) is 19.0 Å². The first-order valence-corrected chi connectivity index (χ1v) is 11.9. The number of hydrogen-bond acceptors (Lipinski definition) is 6. The molecule has 0 saturated carbocycles. The molecule has 29 heavy (non-hydrogen) atoms. The molecular weight excluding hydrogens is 472 g/mol. The van der Waals surface area contributed by atoms with Gasteiger partial charge in [-0.25, -0.2) is 4.98 Å². The van der Waals surface area contributed by atoms with Gasteiger partial charge in [0.05, 0.1) is 10.9 Å². The Kier molecular flexibility index (Phi) is 4.93. The summed E-state index contributed by atoms with van der Waals surface area (Å²) in [5.74, 6) is 0.0344. The number of thiazole rings is 1. The molecule has 6 nitrogen and oxygen atoms in total. The topological polar surface area (TPSA) is 65.5 Å². The molecule has 4 heterocycles. The molecule has 0 aliphatic carbocycles. The van der Waals surface area contributed by atoms with E-state index in [-0.39, 0.29) is 17.9 Å². The van der Waals surface area contributed by atoms with Crippen molar-refractivity contribution in [3.63, 3.8) is 0 Å². The van der Waals surface area contributed by atoms with Crippen LogP contribution in [0.25, 0.3) is 10.1 Å². The van der Waals surface area contributed by atoms with Gasteiger partial charge >= 0.3 is 0 Å². The Morgan fingerprint density at radius 3 is 2.76 bits per heavy atom. The molecule has 1 N–H and O–H groups in total. The van der Waals surface area contributed by atoms with Gasteiger partial charge in [0.25, 0.3) is 11.8 Å².